The molecular weight excluding hydrogens is 242 g/mol. The molecule has 2 N–H and O–H groups in total. The van der Waals surface area contributed by atoms with Gasteiger partial charge in [-0.05, 0) is 38.8 Å². The summed E-state index contributed by atoms with van der Waals surface area (Å²) in [6.45, 7) is 4.90. The first-order chi connectivity index (χ1) is 9.15. The number of hydrogen-bond donors (Lipinski definition) is 2. The van der Waals surface area contributed by atoms with Gasteiger partial charge in [0.05, 0.1) is 24.9 Å². The Kier molecular flexibility index (Phi) is 5.43. The van der Waals surface area contributed by atoms with E-state index in [0.717, 1.165) is 24.4 Å². The first kappa shape index (κ1) is 14.6. The summed E-state index contributed by atoms with van der Waals surface area (Å²) >= 11 is 0. The average molecular weight is 267 g/mol. The molecule has 2 atom stereocenters. The van der Waals surface area contributed by atoms with Crippen LogP contribution in [0.15, 0.2) is 16.5 Å². The molecule has 1 saturated carbocycles. The highest BCUT2D eigenvalue weighted by molar-refractivity contribution is 5.08. The first-order valence-electron chi connectivity index (χ1n) is 7.24. The van der Waals surface area contributed by atoms with Gasteiger partial charge in [-0.2, -0.15) is 0 Å². The van der Waals surface area contributed by atoms with E-state index in [4.69, 9.17) is 9.15 Å². The third-order valence-corrected chi connectivity index (χ3v) is 3.67. The zero-order valence-electron chi connectivity index (χ0n) is 11.9. The van der Waals surface area contributed by atoms with Crippen LogP contribution in [0.4, 0.5) is 0 Å². The highest BCUT2D eigenvalue weighted by Gasteiger charge is 2.17. The van der Waals surface area contributed by atoms with Crippen molar-refractivity contribution in [3.8, 4) is 0 Å². The fraction of sp³-hybridized carbons (Fsp3) is 0.733. The maximum Gasteiger partial charge on any atom is 0.120 e. The highest BCUT2D eigenvalue weighted by atomic mass is 16.5. The van der Waals surface area contributed by atoms with E-state index in [0.29, 0.717) is 19.3 Å². The number of aliphatic hydroxyl groups is 1. The van der Waals surface area contributed by atoms with Crippen molar-refractivity contribution >= 4 is 0 Å². The lowest BCUT2D eigenvalue weighted by atomic mass is 10.2. The van der Waals surface area contributed by atoms with Crippen molar-refractivity contribution in [1.29, 1.82) is 0 Å². The van der Waals surface area contributed by atoms with E-state index >= 15 is 0 Å². The monoisotopic (exact) mass is 267 g/mol. The van der Waals surface area contributed by atoms with E-state index < -0.39 is 6.10 Å². The van der Waals surface area contributed by atoms with Crippen LogP contribution in [0.25, 0.3) is 0 Å². The van der Waals surface area contributed by atoms with Crippen LogP contribution in [-0.4, -0.2) is 30.5 Å². The summed E-state index contributed by atoms with van der Waals surface area (Å²) in [6.07, 6.45) is 4.70. The normalized spacial score (nSPS) is 19.7. The minimum absolute atomic E-state index is 0.106. The van der Waals surface area contributed by atoms with Gasteiger partial charge in [0.1, 0.15) is 11.5 Å². The van der Waals surface area contributed by atoms with Crippen molar-refractivity contribution < 1.29 is 14.3 Å². The van der Waals surface area contributed by atoms with Crippen molar-refractivity contribution in [2.45, 2.75) is 57.8 Å². The van der Waals surface area contributed by atoms with E-state index in [9.17, 15) is 5.11 Å². The van der Waals surface area contributed by atoms with Crippen LogP contribution >= 0.6 is 0 Å². The molecule has 0 saturated heterocycles. The number of rotatable bonds is 7. The van der Waals surface area contributed by atoms with E-state index in [1.165, 1.54) is 12.8 Å². The van der Waals surface area contributed by atoms with Gasteiger partial charge < -0.3 is 19.6 Å². The zero-order chi connectivity index (χ0) is 13.7. The summed E-state index contributed by atoms with van der Waals surface area (Å²) in [5.74, 6) is 1.81. The van der Waals surface area contributed by atoms with Crippen molar-refractivity contribution in [2.75, 3.05) is 13.2 Å². The van der Waals surface area contributed by atoms with Crippen LogP contribution in [0, 0.1) is 6.92 Å². The molecule has 0 bridgehead atoms. The predicted octanol–water partition coefficient (Wildman–Crippen LogP) is 2.56. The number of aliphatic hydroxyl groups excluding tert-OH is 1. The Balaban J connectivity index is 1.63. The number of nitrogens with one attached hydrogen (secondary N) is 1. The summed E-state index contributed by atoms with van der Waals surface area (Å²) < 4.78 is 11.2. The van der Waals surface area contributed by atoms with Gasteiger partial charge in [0.25, 0.3) is 0 Å². The van der Waals surface area contributed by atoms with Gasteiger partial charge in [-0.25, -0.2) is 0 Å². The lowest BCUT2D eigenvalue weighted by molar-refractivity contribution is -0.00627. The van der Waals surface area contributed by atoms with Crippen LogP contribution in [-0.2, 0) is 4.74 Å². The average Bonchev–Trinajstić information content (AvgIpc) is 3.04. The van der Waals surface area contributed by atoms with Crippen LogP contribution in [0.1, 0.15) is 50.2 Å². The quantitative estimate of drug-likeness (QED) is 0.797. The maximum absolute atomic E-state index is 9.89. The third kappa shape index (κ3) is 4.64. The summed E-state index contributed by atoms with van der Waals surface area (Å²) in [4.78, 5) is 0. The summed E-state index contributed by atoms with van der Waals surface area (Å²) in [6, 6.07) is 4.02. The Morgan fingerprint density at radius 2 is 2.16 bits per heavy atom. The van der Waals surface area contributed by atoms with E-state index in [1.54, 1.807) is 0 Å². The van der Waals surface area contributed by atoms with Crippen molar-refractivity contribution in [2.24, 2.45) is 0 Å². The molecule has 19 heavy (non-hydrogen) atoms. The Hall–Kier alpha value is -0.840. The minimum Gasteiger partial charge on any atom is -0.465 e. The molecule has 0 aliphatic heterocycles. The minimum atomic E-state index is -0.459. The molecule has 0 spiro atoms. The van der Waals surface area contributed by atoms with Gasteiger partial charge in [0.15, 0.2) is 0 Å². The second kappa shape index (κ2) is 7.08. The molecule has 0 aromatic carbocycles. The molecule has 1 aromatic heterocycles. The third-order valence-electron chi connectivity index (χ3n) is 3.67. The van der Waals surface area contributed by atoms with Crippen LogP contribution in [0.5, 0.6) is 0 Å². The highest BCUT2D eigenvalue weighted by Crippen LogP contribution is 2.21. The molecule has 4 heteroatoms. The fourth-order valence-electron chi connectivity index (χ4n) is 2.46. The molecule has 0 radical (unpaired) electrons. The smallest absolute Gasteiger partial charge is 0.120 e. The summed E-state index contributed by atoms with van der Waals surface area (Å²) in [5.41, 5.74) is 0. The molecule has 4 nitrogen and oxygen atoms in total. The number of hydrogen-bond acceptors (Lipinski definition) is 4. The standard InChI is InChI=1S/C15H25NO3/c1-11-7-8-15(19-11)12(2)16-9-13(17)10-18-14-5-3-4-6-14/h7-8,12-14,16-17H,3-6,9-10H2,1-2H3. The second-order valence-corrected chi connectivity index (χ2v) is 5.47. The first-order valence-corrected chi connectivity index (χ1v) is 7.24. The molecule has 108 valence electrons. The maximum atomic E-state index is 9.89. The summed E-state index contributed by atoms with van der Waals surface area (Å²) in [7, 11) is 0. The Labute approximate surface area is 115 Å². The Morgan fingerprint density at radius 1 is 1.42 bits per heavy atom. The molecule has 1 heterocycles. The SMILES string of the molecule is Cc1ccc(C(C)NCC(O)COC2CCCC2)o1. The van der Waals surface area contributed by atoms with Gasteiger partial charge in [-0.15, -0.1) is 0 Å². The van der Waals surface area contributed by atoms with Gasteiger partial charge in [0.2, 0.25) is 0 Å². The topological polar surface area (TPSA) is 54.6 Å². The van der Waals surface area contributed by atoms with Gasteiger partial charge >= 0.3 is 0 Å². The molecule has 1 aromatic rings. The molecule has 2 unspecified atom stereocenters. The molecule has 1 aliphatic rings. The predicted molar refractivity (Wildman–Crippen MR) is 74.1 cm³/mol. The summed E-state index contributed by atoms with van der Waals surface area (Å²) in [5, 5.41) is 13.2. The van der Waals surface area contributed by atoms with Gasteiger partial charge in [0, 0.05) is 6.54 Å². The van der Waals surface area contributed by atoms with Gasteiger partial charge in [-0.1, -0.05) is 12.8 Å². The molecule has 0 amide bonds. The Morgan fingerprint density at radius 3 is 2.79 bits per heavy atom. The van der Waals surface area contributed by atoms with E-state index in [1.807, 2.05) is 26.0 Å². The lowest BCUT2D eigenvalue weighted by Gasteiger charge is -2.18. The molecule has 1 aliphatic carbocycles. The van der Waals surface area contributed by atoms with E-state index in [2.05, 4.69) is 5.32 Å². The fourth-order valence-corrected chi connectivity index (χ4v) is 2.46. The van der Waals surface area contributed by atoms with Crippen LogP contribution in [0.3, 0.4) is 0 Å². The largest absolute Gasteiger partial charge is 0.465 e. The van der Waals surface area contributed by atoms with Gasteiger partial charge in [-0.3, -0.25) is 0 Å². The van der Waals surface area contributed by atoms with Crippen molar-refractivity contribution in [3.63, 3.8) is 0 Å². The Bertz CT molecular complexity index is 371. The lowest BCUT2D eigenvalue weighted by Crippen LogP contribution is -2.33. The number of ether oxygens (including phenoxy) is 1. The number of furan rings is 1. The van der Waals surface area contributed by atoms with Crippen molar-refractivity contribution in [3.05, 3.63) is 23.7 Å². The van der Waals surface area contributed by atoms with Crippen LogP contribution in [0.2, 0.25) is 0 Å². The van der Waals surface area contributed by atoms with Crippen LogP contribution < -0.4 is 5.32 Å². The number of aryl methyl sites for hydroxylation is 1. The van der Waals surface area contributed by atoms with Crippen molar-refractivity contribution in [1.82, 2.24) is 5.32 Å². The molecule has 2 rings (SSSR count). The second-order valence-electron chi connectivity index (χ2n) is 5.47. The molecular formula is C15H25NO3. The van der Waals surface area contributed by atoms with E-state index in [-0.39, 0.29) is 6.04 Å². The molecule has 1 fully saturated rings. The zero-order valence-corrected chi connectivity index (χ0v) is 11.9.